The predicted octanol–water partition coefficient (Wildman–Crippen LogP) is 3.83. The molecular formula is C24H32F2N4O2. The molecule has 174 valence electrons. The maximum atomic E-state index is 13.5. The lowest BCUT2D eigenvalue weighted by Crippen LogP contribution is -2.47. The molecule has 2 aliphatic rings. The number of aliphatic hydroxyl groups is 1. The van der Waals surface area contributed by atoms with Crippen LogP contribution in [0.3, 0.4) is 0 Å². The molecular weight excluding hydrogens is 414 g/mol. The molecule has 1 aromatic heterocycles. The van der Waals surface area contributed by atoms with Gasteiger partial charge in [0.05, 0.1) is 23.3 Å². The van der Waals surface area contributed by atoms with E-state index in [1.54, 1.807) is 6.07 Å². The molecule has 2 aromatic rings. The molecule has 1 N–H and O–H groups in total. The number of benzene rings is 1. The molecule has 0 saturated carbocycles. The monoisotopic (exact) mass is 446 g/mol. The molecule has 2 saturated heterocycles. The van der Waals surface area contributed by atoms with Gasteiger partial charge in [-0.15, -0.1) is 0 Å². The standard InChI is InChI=1S/C24H32F2N4O2/c1-15-11-17(12-21(32)16(2)29-9-5-18(31)6-10-29)14-30(13-15)20-4-3-19(24(25)26)22-23(20)28-8-7-27-22/h3-4,7-8,15-18,24,31H,5-6,9-14H2,1-2H3/t15-,16?,17-/m0/s1. The number of likely N-dealkylation sites (tertiary alicyclic amines) is 1. The van der Waals surface area contributed by atoms with Gasteiger partial charge in [-0.1, -0.05) is 6.92 Å². The summed E-state index contributed by atoms with van der Waals surface area (Å²) in [4.78, 5) is 26.0. The van der Waals surface area contributed by atoms with Crippen LogP contribution >= 0.6 is 0 Å². The number of aliphatic hydroxyl groups excluding tert-OH is 1. The van der Waals surface area contributed by atoms with Crippen LogP contribution in [0.2, 0.25) is 0 Å². The molecule has 4 rings (SSSR count). The maximum Gasteiger partial charge on any atom is 0.266 e. The number of aromatic nitrogens is 2. The fraction of sp³-hybridized carbons (Fsp3) is 0.625. The van der Waals surface area contributed by atoms with Crippen molar-refractivity contribution in [3.05, 3.63) is 30.1 Å². The Bertz CT molecular complexity index is 949. The van der Waals surface area contributed by atoms with Crippen molar-refractivity contribution in [2.45, 2.75) is 58.1 Å². The summed E-state index contributed by atoms with van der Waals surface area (Å²) in [5.41, 5.74) is 1.44. The number of carbonyl (C=O) groups excluding carboxylic acids is 1. The second-order valence-corrected chi connectivity index (χ2v) is 9.45. The number of rotatable bonds is 6. The van der Waals surface area contributed by atoms with Crippen LogP contribution in [0, 0.1) is 11.8 Å². The Hall–Kier alpha value is -2.19. The number of ketones is 1. The Kier molecular flexibility index (Phi) is 7.00. The van der Waals surface area contributed by atoms with Crippen molar-refractivity contribution in [3.63, 3.8) is 0 Å². The minimum absolute atomic E-state index is 0.103. The van der Waals surface area contributed by atoms with E-state index in [4.69, 9.17) is 0 Å². The van der Waals surface area contributed by atoms with Gasteiger partial charge in [-0.2, -0.15) is 0 Å². The van der Waals surface area contributed by atoms with Gasteiger partial charge in [0.2, 0.25) is 0 Å². The first-order chi connectivity index (χ1) is 15.3. The summed E-state index contributed by atoms with van der Waals surface area (Å²) in [6, 6.07) is 3.02. The van der Waals surface area contributed by atoms with E-state index in [1.807, 2.05) is 6.92 Å². The van der Waals surface area contributed by atoms with Crippen molar-refractivity contribution in [2.75, 3.05) is 31.1 Å². The van der Waals surface area contributed by atoms with Gasteiger partial charge in [-0.25, -0.2) is 8.78 Å². The van der Waals surface area contributed by atoms with Gasteiger partial charge in [0.15, 0.2) is 0 Å². The Morgan fingerprint density at radius 2 is 1.84 bits per heavy atom. The normalized spacial score (nSPS) is 24.2. The summed E-state index contributed by atoms with van der Waals surface area (Å²) >= 11 is 0. The van der Waals surface area contributed by atoms with E-state index in [9.17, 15) is 18.7 Å². The van der Waals surface area contributed by atoms with Gasteiger partial charge in [0, 0.05) is 50.6 Å². The summed E-state index contributed by atoms with van der Waals surface area (Å²) in [7, 11) is 0. The highest BCUT2D eigenvalue weighted by Gasteiger charge is 2.32. The van der Waals surface area contributed by atoms with Crippen molar-refractivity contribution in [3.8, 4) is 0 Å². The number of hydrogen-bond acceptors (Lipinski definition) is 6. The summed E-state index contributed by atoms with van der Waals surface area (Å²) in [5, 5.41) is 9.73. The van der Waals surface area contributed by atoms with E-state index < -0.39 is 6.43 Å². The smallest absolute Gasteiger partial charge is 0.266 e. The molecule has 2 fully saturated rings. The fourth-order valence-electron chi connectivity index (χ4n) is 5.25. The van der Waals surface area contributed by atoms with E-state index in [1.165, 1.54) is 18.5 Å². The molecule has 1 unspecified atom stereocenters. The van der Waals surface area contributed by atoms with Crippen LogP contribution in [0.4, 0.5) is 14.5 Å². The molecule has 1 aromatic carbocycles. The molecule has 0 spiro atoms. The average Bonchev–Trinajstić information content (AvgIpc) is 2.77. The van der Waals surface area contributed by atoms with Gasteiger partial charge < -0.3 is 10.0 Å². The number of fused-ring (bicyclic) bond motifs is 1. The molecule has 0 aliphatic carbocycles. The lowest BCUT2D eigenvalue weighted by atomic mass is 9.85. The van der Waals surface area contributed by atoms with E-state index in [-0.39, 0.29) is 34.9 Å². The third kappa shape index (κ3) is 4.91. The molecule has 3 atom stereocenters. The van der Waals surface area contributed by atoms with Crippen LogP contribution in [0.1, 0.15) is 51.5 Å². The molecule has 0 radical (unpaired) electrons. The first-order valence-electron chi connectivity index (χ1n) is 11.5. The second kappa shape index (κ2) is 9.75. The minimum Gasteiger partial charge on any atom is -0.393 e. The molecule has 2 aliphatic heterocycles. The lowest BCUT2D eigenvalue weighted by Gasteiger charge is -2.39. The van der Waals surface area contributed by atoms with Crippen molar-refractivity contribution >= 4 is 22.5 Å². The molecule has 6 nitrogen and oxygen atoms in total. The minimum atomic E-state index is -2.61. The Balaban J connectivity index is 1.49. The number of nitrogens with zero attached hydrogens (tertiary/aromatic N) is 4. The number of carbonyl (C=O) groups is 1. The zero-order valence-corrected chi connectivity index (χ0v) is 18.8. The van der Waals surface area contributed by atoms with Crippen LogP contribution < -0.4 is 4.90 Å². The van der Waals surface area contributed by atoms with Crippen LogP contribution in [0.5, 0.6) is 0 Å². The Morgan fingerprint density at radius 3 is 2.53 bits per heavy atom. The Morgan fingerprint density at radius 1 is 1.16 bits per heavy atom. The van der Waals surface area contributed by atoms with Crippen LogP contribution in [-0.2, 0) is 4.79 Å². The number of Topliss-reactive ketones (excluding diaryl/α,β-unsaturated/α-hetero) is 1. The third-order valence-corrected chi connectivity index (χ3v) is 6.96. The van der Waals surface area contributed by atoms with Crippen molar-refractivity contribution in [1.29, 1.82) is 0 Å². The second-order valence-electron chi connectivity index (χ2n) is 9.45. The topological polar surface area (TPSA) is 69.6 Å². The zero-order chi connectivity index (χ0) is 22.8. The predicted molar refractivity (Wildman–Crippen MR) is 120 cm³/mol. The van der Waals surface area contributed by atoms with Gasteiger partial charge in [0.25, 0.3) is 6.43 Å². The quantitative estimate of drug-likeness (QED) is 0.727. The van der Waals surface area contributed by atoms with Gasteiger partial charge >= 0.3 is 0 Å². The fourth-order valence-corrected chi connectivity index (χ4v) is 5.25. The van der Waals surface area contributed by atoms with Crippen LogP contribution in [-0.4, -0.2) is 64.1 Å². The SMILES string of the molecule is CC(C(=O)C[C@@H]1C[C@H](C)CN(c2ccc(C(F)F)c3nccnc23)C1)N1CCC(O)CC1. The summed E-state index contributed by atoms with van der Waals surface area (Å²) in [6.45, 7) is 7.13. The number of anilines is 1. The number of alkyl halides is 2. The van der Waals surface area contributed by atoms with Gasteiger partial charge in [-0.3, -0.25) is 19.7 Å². The van der Waals surface area contributed by atoms with E-state index in [0.717, 1.165) is 31.7 Å². The molecule has 32 heavy (non-hydrogen) atoms. The van der Waals surface area contributed by atoms with Crippen molar-refractivity contribution in [2.24, 2.45) is 11.8 Å². The largest absolute Gasteiger partial charge is 0.393 e. The number of piperidine rings is 2. The van der Waals surface area contributed by atoms with Crippen LogP contribution in [0.15, 0.2) is 24.5 Å². The molecule has 0 amide bonds. The average molecular weight is 447 g/mol. The molecule has 0 bridgehead atoms. The van der Waals surface area contributed by atoms with E-state index in [0.29, 0.717) is 37.2 Å². The summed E-state index contributed by atoms with van der Waals surface area (Å²) < 4.78 is 26.9. The van der Waals surface area contributed by atoms with E-state index >= 15 is 0 Å². The highest BCUT2D eigenvalue weighted by molar-refractivity contribution is 5.90. The van der Waals surface area contributed by atoms with Crippen molar-refractivity contribution in [1.82, 2.24) is 14.9 Å². The first kappa shape index (κ1) is 23.0. The van der Waals surface area contributed by atoms with Gasteiger partial charge in [-0.05, 0) is 50.2 Å². The maximum absolute atomic E-state index is 13.5. The molecule has 8 heteroatoms. The molecule has 3 heterocycles. The van der Waals surface area contributed by atoms with Crippen LogP contribution in [0.25, 0.3) is 11.0 Å². The van der Waals surface area contributed by atoms with Crippen molar-refractivity contribution < 1.29 is 18.7 Å². The van der Waals surface area contributed by atoms with E-state index in [2.05, 4.69) is 26.7 Å². The zero-order valence-electron chi connectivity index (χ0n) is 18.8. The Labute approximate surface area is 187 Å². The summed E-state index contributed by atoms with van der Waals surface area (Å²) in [6.07, 6.45) is 3.02. The third-order valence-electron chi connectivity index (χ3n) is 6.96. The van der Waals surface area contributed by atoms with Gasteiger partial charge in [0.1, 0.15) is 11.3 Å². The highest BCUT2D eigenvalue weighted by atomic mass is 19.3. The lowest BCUT2D eigenvalue weighted by molar-refractivity contribution is -0.125. The number of hydrogen-bond donors (Lipinski definition) is 1. The highest BCUT2D eigenvalue weighted by Crippen LogP contribution is 2.35. The first-order valence-corrected chi connectivity index (χ1v) is 11.5. The number of halogens is 2. The summed E-state index contributed by atoms with van der Waals surface area (Å²) in [5.74, 6) is 0.812.